The number of carbonyl (C=O) groups excluding carboxylic acids is 2. The van der Waals surface area contributed by atoms with E-state index in [0.717, 1.165) is 11.1 Å². The summed E-state index contributed by atoms with van der Waals surface area (Å²) >= 11 is 0. The summed E-state index contributed by atoms with van der Waals surface area (Å²) < 4.78 is 5.38. The Labute approximate surface area is 200 Å². The molecule has 0 bridgehead atoms. The maximum atomic E-state index is 13.1. The number of nitrogens with zero attached hydrogens (tertiary/aromatic N) is 4. The highest BCUT2D eigenvalue weighted by Crippen LogP contribution is 2.24. The van der Waals surface area contributed by atoms with E-state index in [1.165, 1.54) is 5.56 Å². The fourth-order valence-electron chi connectivity index (χ4n) is 4.26. The first-order chi connectivity index (χ1) is 16.1. The van der Waals surface area contributed by atoms with Crippen LogP contribution in [0.15, 0.2) is 53.1 Å². The van der Waals surface area contributed by atoms with Crippen LogP contribution in [0.2, 0.25) is 0 Å². The van der Waals surface area contributed by atoms with Gasteiger partial charge in [-0.2, -0.15) is 4.98 Å². The van der Waals surface area contributed by atoms with Crippen molar-refractivity contribution >= 4 is 11.8 Å². The smallest absolute Gasteiger partial charge is 0.258 e. The van der Waals surface area contributed by atoms with Crippen LogP contribution < -0.4 is 0 Å². The lowest BCUT2D eigenvalue weighted by molar-refractivity contribution is -0.133. The van der Waals surface area contributed by atoms with Gasteiger partial charge in [0, 0.05) is 36.8 Å². The minimum atomic E-state index is -0.0831. The predicted molar refractivity (Wildman–Crippen MR) is 130 cm³/mol. The molecule has 1 fully saturated rings. The molecule has 2 amide bonds. The van der Waals surface area contributed by atoms with Crippen molar-refractivity contribution in [1.82, 2.24) is 19.9 Å². The Morgan fingerprint density at radius 1 is 1.06 bits per heavy atom. The van der Waals surface area contributed by atoms with E-state index in [9.17, 15) is 9.59 Å². The quantitative estimate of drug-likeness (QED) is 0.581. The monoisotopic (exact) mass is 460 g/mol. The van der Waals surface area contributed by atoms with Gasteiger partial charge in [0.1, 0.15) is 0 Å². The van der Waals surface area contributed by atoms with E-state index in [-0.39, 0.29) is 29.7 Å². The molecule has 1 aliphatic heterocycles. The van der Waals surface area contributed by atoms with Crippen molar-refractivity contribution in [3.8, 4) is 11.5 Å². The highest BCUT2D eigenvalue weighted by molar-refractivity contribution is 5.94. The Morgan fingerprint density at radius 2 is 1.76 bits per heavy atom. The molecule has 1 aliphatic rings. The lowest BCUT2D eigenvalue weighted by Gasteiger charge is -2.40. The summed E-state index contributed by atoms with van der Waals surface area (Å²) in [6, 6.07) is 15.5. The molecule has 1 atom stereocenters. The van der Waals surface area contributed by atoms with E-state index in [0.29, 0.717) is 36.9 Å². The summed E-state index contributed by atoms with van der Waals surface area (Å²) in [6.45, 7) is 11.9. The molecule has 7 heteroatoms. The van der Waals surface area contributed by atoms with E-state index in [1.54, 1.807) is 4.90 Å². The number of hydrogen-bond acceptors (Lipinski definition) is 5. The average molecular weight is 461 g/mol. The molecule has 4 rings (SSSR count). The van der Waals surface area contributed by atoms with E-state index in [2.05, 4.69) is 30.9 Å². The van der Waals surface area contributed by atoms with Crippen LogP contribution >= 0.6 is 0 Å². The molecule has 0 radical (unpaired) electrons. The van der Waals surface area contributed by atoms with Gasteiger partial charge in [-0.15, -0.1) is 0 Å². The first-order valence-electron chi connectivity index (χ1n) is 11.7. The first kappa shape index (κ1) is 23.7. The lowest BCUT2D eigenvalue weighted by atomic mass is 9.86. The Morgan fingerprint density at radius 3 is 2.41 bits per heavy atom. The van der Waals surface area contributed by atoms with Crippen molar-refractivity contribution in [2.45, 2.75) is 52.5 Å². The Balaban J connectivity index is 1.36. The third kappa shape index (κ3) is 5.03. The van der Waals surface area contributed by atoms with Gasteiger partial charge < -0.3 is 14.3 Å². The fraction of sp³-hybridized carbons (Fsp3) is 0.407. The Hall–Kier alpha value is -3.48. The summed E-state index contributed by atoms with van der Waals surface area (Å²) in [4.78, 5) is 34.0. The fourth-order valence-corrected chi connectivity index (χ4v) is 4.26. The molecule has 0 spiro atoms. The molecule has 1 unspecified atom stereocenters. The van der Waals surface area contributed by atoms with Crippen LogP contribution in [0.4, 0.5) is 0 Å². The summed E-state index contributed by atoms with van der Waals surface area (Å²) in [5.41, 5.74) is 3.81. The van der Waals surface area contributed by atoms with E-state index >= 15 is 0 Å². The predicted octanol–water partition coefficient (Wildman–Crippen LogP) is 4.26. The first-order valence-corrected chi connectivity index (χ1v) is 11.7. The van der Waals surface area contributed by atoms with Crippen LogP contribution in [0.25, 0.3) is 11.5 Å². The number of piperazine rings is 1. The largest absolute Gasteiger partial charge is 0.338 e. The SMILES string of the molecule is Cc1ccccc1-c1nc(CC(=O)N2CCN(C(=O)c3ccc(C(C)(C)C)cc3)C(C)C2)no1. The second-order valence-corrected chi connectivity index (χ2v) is 10.0. The van der Waals surface area contributed by atoms with Crippen molar-refractivity contribution in [1.29, 1.82) is 0 Å². The van der Waals surface area contributed by atoms with Crippen molar-refractivity contribution in [2.24, 2.45) is 0 Å². The molecule has 178 valence electrons. The Kier molecular flexibility index (Phi) is 6.55. The van der Waals surface area contributed by atoms with Crippen molar-refractivity contribution in [3.63, 3.8) is 0 Å². The van der Waals surface area contributed by atoms with Gasteiger partial charge in [-0.1, -0.05) is 56.3 Å². The second kappa shape index (κ2) is 9.41. The number of carbonyl (C=O) groups is 2. The number of benzene rings is 2. The van der Waals surface area contributed by atoms with Gasteiger partial charge in [0.05, 0.1) is 6.42 Å². The Bertz CT molecular complexity index is 1180. The van der Waals surface area contributed by atoms with Crippen LogP contribution in [-0.4, -0.2) is 57.4 Å². The zero-order valence-corrected chi connectivity index (χ0v) is 20.5. The molecule has 0 aliphatic carbocycles. The molecule has 2 aromatic carbocycles. The normalized spacial score (nSPS) is 16.6. The molecule has 0 N–H and O–H groups in total. The maximum absolute atomic E-state index is 13.1. The van der Waals surface area contributed by atoms with Gasteiger partial charge in [0.2, 0.25) is 5.91 Å². The highest BCUT2D eigenvalue weighted by atomic mass is 16.5. The number of rotatable bonds is 4. The molecular weight excluding hydrogens is 428 g/mol. The van der Waals surface area contributed by atoms with Crippen LogP contribution in [0, 0.1) is 6.92 Å². The van der Waals surface area contributed by atoms with Gasteiger partial charge >= 0.3 is 0 Å². The van der Waals surface area contributed by atoms with E-state index < -0.39 is 0 Å². The van der Waals surface area contributed by atoms with Gasteiger partial charge in [-0.05, 0) is 48.6 Å². The molecule has 7 nitrogen and oxygen atoms in total. The molecule has 34 heavy (non-hydrogen) atoms. The van der Waals surface area contributed by atoms with Crippen molar-refractivity contribution < 1.29 is 14.1 Å². The highest BCUT2D eigenvalue weighted by Gasteiger charge is 2.31. The summed E-state index contributed by atoms with van der Waals surface area (Å²) in [5.74, 6) is 0.724. The number of hydrogen-bond donors (Lipinski definition) is 0. The minimum Gasteiger partial charge on any atom is -0.338 e. The third-order valence-electron chi connectivity index (χ3n) is 6.39. The summed E-state index contributed by atoms with van der Waals surface area (Å²) in [6.07, 6.45) is 0.0737. The molecule has 1 saturated heterocycles. The van der Waals surface area contributed by atoms with Crippen LogP contribution in [0.5, 0.6) is 0 Å². The number of aryl methyl sites for hydroxylation is 1. The molecule has 3 aromatic rings. The second-order valence-electron chi connectivity index (χ2n) is 10.0. The number of amides is 2. The van der Waals surface area contributed by atoms with Crippen LogP contribution in [0.1, 0.15) is 55.0 Å². The molecule has 2 heterocycles. The standard InChI is InChI=1S/C27H32N4O3/c1-18-8-6-7-9-22(18)25-28-23(29-34-25)16-24(32)30-14-15-31(19(2)17-30)26(33)20-10-12-21(13-11-20)27(3,4)5/h6-13,19H,14-17H2,1-5H3. The zero-order valence-electron chi connectivity index (χ0n) is 20.5. The van der Waals surface area contributed by atoms with Gasteiger partial charge in [0.25, 0.3) is 11.8 Å². The molecule has 1 aromatic heterocycles. The van der Waals surface area contributed by atoms with Crippen molar-refractivity contribution in [2.75, 3.05) is 19.6 Å². The third-order valence-corrected chi connectivity index (χ3v) is 6.39. The van der Waals surface area contributed by atoms with Crippen LogP contribution in [-0.2, 0) is 16.6 Å². The molecular formula is C27H32N4O3. The number of aromatic nitrogens is 2. The minimum absolute atomic E-state index is 0.00102. The van der Waals surface area contributed by atoms with Gasteiger partial charge in [-0.3, -0.25) is 9.59 Å². The topological polar surface area (TPSA) is 79.5 Å². The zero-order chi connectivity index (χ0) is 24.5. The van der Waals surface area contributed by atoms with Gasteiger partial charge in [0.15, 0.2) is 5.82 Å². The van der Waals surface area contributed by atoms with Crippen molar-refractivity contribution in [3.05, 3.63) is 71.0 Å². The van der Waals surface area contributed by atoms with Crippen LogP contribution in [0.3, 0.4) is 0 Å². The summed E-state index contributed by atoms with van der Waals surface area (Å²) in [7, 11) is 0. The van der Waals surface area contributed by atoms with Gasteiger partial charge in [-0.25, -0.2) is 0 Å². The lowest BCUT2D eigenvalue weighted by Crippen LogP contribution is -2.55. The van der Waals surface area contributed by atoms with E-state index in [1.807, 2.05) is 67.3 Å². The summed E-state index contributed by atoms with van der Waals surface area (Å²) in [5, 5.41) is 4.00. The van der Waals surface area contributed by atoms with E-state index in [4.69, 9.17) is 4.52 Å². The molecule has 0 saturated carbocycles. The maximum Gasteiger partial charge on any atom is 0.258 e. The average Bonchev–Trinajstić information content (AvgIpc) is 3.26.